The van der Waals surface area contributed by atoms with E-state index in [-0.39, 0.29) is 11.5 Å². The summed E-state index contributed by atoms with van der Waals surface area (Å²) in [5.41, 5.74) is 0.194. The Morgan fingerprint density at radius 2 is 1.81 bits per heavy atom. The lowest BCUT2D eigenvalue weighted by atomic mass is 10.0. The Kier molecular flexibility index (Phi) is 4.54. The normalized spacial score (nSPS) is 23.5. The van der Waals surface area contributed by atoms with Crippen LogP contribution in [0.1, 0.15) is 48.9 Å². The van der Waals surface area contributed by atoms with Crippen LogP contribution in [0.15, 0.2) is 24.3 Å². The first-order valence-electron chi connectivity index (χ1n) is 8.04. The van der Waals surface area contributed by atoms with Gasteiger partial charge in [0.1, 0.15) is 5.82 Å². The lowest BCUT2D eigenvalue weighted by Gasteiger charge is -2.35. The maximum atomic E-state index is 13.8. The van der Waals surface area contributed by atoms with Crippen molar-refractivity contribution in [2.24, 2.45) is 0 Å². The van der Waals surface area contributed by atoms with E-state index in [1.54, 1.807) is 23.1 Å². The summed E-state index contributed by atoms with van der Waals surface area (Å²) in [6.45, 7) is 1.43. The van der Waals surface area contributed by atoms with Crippen LogP contribution in [0.5, 0.6) is 0 Å². The molecule has 1 atom stereocenters. The van der Waals surface area contributed by atoms with Gasteiger partial charge in [0.2, 0.25) is 0 Å². The number of carbonyl (C=O) groups is 1. The fraction of sp³-hybridized carbons (Fsp3) is 0.588. The van der Waals surface area contributed by atoms with E-state index in [9.17, 15) is 9.18 Å². The molecule has 0 spiro atoms. The van der Waals surface area contributed by atoms with Gasteiger partial charge in [-0.15, -0.1) is 0 Å². The Labute approximate surface area is 125 Å². The smallest absolute Gasteiger partial charge is 0.256 e. The molecular weight excluding hydrogens is 267 g/mol. The number of piperidine rings is 1. The Hall–Kier alpha value is -1.42. The van der Waals surface area contributed by atoms with Gasteiger partial charge >= 0.3 is 0 Å². The zero-order valence-corrected chi connectivity index (χ0v) is 12.4. The number of hydrogen-bond donors (Lipinski definition) is 1. The zero-order chi connectivity index (χ0) is 14.7. The standard InChI is InChI=1S/C17H23FN2O/c18-16-10-4-3-9-15(16)17(21)20-11-5-8-14(12-20)19-13-6-1-2-7-13/h3-4,9-10,13-14,19H,1-2,5-8,11-12H2. The molecule has 1 saturated heterocycles. The average Bonchev–Trinajstić information content (AvgIpc) is 3.00. The molecule has 2 aliphatic rings. The first kappa shape index (κ1) is 14.5. The molecule has 1 N–H and O–H groups in total. The van der Waals surface area contributed by atoms with Crippen molar-refractivity contribution in [1.29, 1.82) is 0 Å². The molecule has 0 aromatic heterocycles. The molecule has 4 heteroatoms. The van der Waals surface area contributed by atoms with Crippen LogP contribution in [0.4, 0.5) is 4.39 Å². The van der Waals surface area contributed by atoms with E-state index in [0.29, 0.717) is 18.6 Å². The topological polar surface area (TPSA) is 32.3 Å². The van der Waals surface area contributed by atoms with Gasteiger partial charge in [-0.1, -0.05) is 25.0 Å². The third kappa shape index (κ3) is 3.43. The summed E-state index contributed by atoms with van der Waals surface area (Å²) < 4.78 is 13.8. The van der Waals surface area contributed by atoms with Crippen molar-refractivity contribution < 1.29 is 9.18 Å². The highest BCUT2D eigenvalue weighted by Crippen LogP contribution is 2.21. The Morgan fingerprint density at radius 3 is 2.57 bits per heavy atom. The van der Waals surface area contributed by atoms with Crippen molar-refractivity contribution in [3.8, 4) is 0 Å². The van der Waals surface area contributed by atoms with Crippen LogP contribution < -0.4 is 5.32 Å². The van der Waals surface area contributed by atoms with E-state index in [2.05, 4.69) is 5.32 Å². The van der Waals surface area contributed by atoms with Gasteiger partial charge in [0.15, 0.2) is 0 Å². The number of likely N-dealkylation sites (tertiary alicyclic amines) is 1. The molecule has 3 rings (SSSR count). The molecule has 114 valence electrons. The molecule has 1 saturated carbocycles. The van der Waals surface area contributed by atoms with Crippen molar-refractivity contribution in [2.75, 3.05) is 13.1 Å². The first-order chi connectivity index (χ1) is 10.2. The van der Waals surface area contributed by atoms with E-state index in [4.69, 9.17) is 0 Å². The largest absolute Gasteiger partial charge is 0.337 e. The monoisotopic (exact) mass is 290 g/mol. The first-order valence-corrected chi connectivity index (χ1v) is 8.04. The number of nitrogens with zero attached hydrogens (tertiary/aromatic N) is 1. The second-order valence-corrected chi connectivity index (χ2v) is 6.22. The van der Waals surface area contributed by atoms with Crippen LogP contribution in [0.3, 0.4) is 0 Å². The van der Waals surface area contributed by atoms with Crippen LogP contribution in [-0.2, 0) is 0 Å². The summed E-state index contributed by atoms with van der Waals surface area (Å²) in [4.78, 5) is 14.3. The predicted molar refractivity (Wildman–Crippen MR) is 80.7 cm³/mol. The molecule has 1 aliphatic heterocycles. The molecule has 0 radical (unpaired) electrons. The molecule has 1 aromatic carbocycles. The van der Waals surface area contributed by atoms with E-state index >= 15 is 0 Å². The van der Waals surface area contributed by atoms with Gasteiger partial charge in [0, 0.05) is 25.2 Å². The molecule has 1 heterocycles. The predicted octanol–water partition coefficient (Wildman–Crippen LogP) is 2.96. The van der Waals surface area contributed by atoms with E-state index in [1.807, 2.05) is 0 Å². The van der Waals surface area contributed by atoms with Crippen molar-refractivity contribution in [2.45, 2.75) is 50.6 Å². The van der Waals surface area contributed by atoms with E-state index in [0.717, 1.165) is 19.4 Å². The highest BCUT2D eigenvalue weighted by atomic mass is 19.1. The molecule has 1 aliphatic carbocycles. The number of hydrogen-bond acceptors (Lipinski definition) is 2. The van der Waals surface area contributed by atoms with Gasteiger partial charge < -0.3 is 10.2 Å². The second kappa shape index (κ2) is 6.56. The minimum atomic E-state index is -0.423. The summed E-state index contributed by atoms with van der Waals surface area (Å²) >= 11 is 0. The number of amides is 1. The SMILES string of the molecule is O=C(c1ccccc1F)N1CCCC(NC2CCCC2)C1. The minimum Gasteiger partial charge on any atom is -0.337 e. The van der Waals surface area contributed by atoms with Crippen molar-refractivity contribution in [3.05, 3.63) is 35.6 Å². The van der Waals surface area contributed by atoms with Crippen LogP contribution in [0.2, 0.25) is 0 Å². The summed E-state index contributed by atoms with van der Waals surface area (Å²) in [6.07, 6.45) is 7.21. The van der Waals surface area contributed by atoms with E-state index in [1.165, 1.54) is 31.7 Å². The maximum absolute atomic E-state index is 13.8. The highest BCUT2D eigenvalue weighted by Gasteiger charge is 2.27. The molecule has 21 heavy (non-hydrogen) atoms. The van der Waals surface area contributed by atoms with Crippen LogP contribution in [0.25, 0.3) is 0 Å². The fourth-order valence-corrected chi connectivity index (χ4v) is 3.53. The Morgan fingerprint density at radius 1 is 1.10 bits per heavy atom. The van der Waals surface area contributed by atoms with Gasteiger partial charge in [-0.25, -0.2) is 4.39 Å². The summed E-state index contributed by atoms with van der Waals surface area (Å²) in [5.74, 6) is -0.598. The van der Waals surface area contributed by atoms with E-state index < -0.39 is 5.82 Å². The molecular formula is C17H23FN2O. The highest BCUT2D eigenvalue weighted by molar-refractivity contribution is 5.94. The minimum absolute atomic E-state index is 0.175. The van der Waals surface area contributed by atoms with Crippen molar-refractivity contribution in [3.63, 3.8) is 0 Å². The second-order valence-electron chi connectivity index (χ2n) is 6.22. The lowest BCUT2D eigenvalue weighted by molar-refractivity contribution is 0.0685. The number of halogens is 1. The zero-order valence-electron chi connectivity index (χ0n) is 12.4. The number of rotatable bonds is 3. The third-order valence-electron chi connectivity index (χ3n) is 4.64. The molecule has 1 aromatic rings. The van der Waals surface area contributed by atoms with Crippen LogP contribution in [0, 0.1) is 5.82 Å². The fourth-order valence-electron chi connectivity index (χ4n) is 3.53. The molecule has 0 bridgehead atoms. The van der Waals surface area contributed by atoms with Gasteiger partial charge in [-0.05, 0) is 37.8 Å². The van der Waals surface area contributed by atoms with Crippen LogP contribution in [-0.4, -0.2) is 36.0 Å². The molecule has 1 amide bonds. The summed E-state index contributed by atoms with van der Waals surface area (Å²) in [7, 11) is 0. The maximum Gasteiger partial charge on any atom is 0.256 e. The molecule has 1 unspecified atom stereocenters. The van der Waals surface area contributed by atoms with Gasteiger partial charge in [0.25, 0.3) is 5.91 Å². The van der Waals surface area contributed by atoms with Gasteiger partial charge in [0.05, 0.1) is 5.56 Å². The Bertz CT molecular complexity index is 499. The van der Waals surface area contributed by atoms with Crippen LogP contribution >= 0.6 is 0 Å². The van der Waals surface area contributed by atoms with Crippen molar-refractivity contribution in [1.82, 2.24) is 10.2 Å². The number of nitrogens with one attached hydrogen (secondary N) is 1. The number of benzene rings is 1. The van der Waals surface area contributed by atoms with Crippen molar-refractivity contribution >= 4 is 5.91 Å². The summed E-state index contributed by atoms with van der Waals surface area (Å²) in [6, 6.07) is 7.23. The molecule has 2 fully saturated rings. The van der Waals surface area contributed by atoms with Gasteiger partial charge in [-0.2, -0.15) is 0 Å². The average molecular weight is 290 g/mol. The quantitative estimate of drug-likeness (QED) is 0.928. The Balaban J connectivity index is 1.62. The lowest BCUT2D eigenvalue weighted by Crippen LogP contribution is -2.50. The number of carbonyl (C=O) groups excluding carboxylic acids is 1. The summed E-state index contributed by atoms with van der Waals surface area (Å²) in [5, 5.41) is 3.68. The third-order valence-corrected chi connectivity index (χ3v) is 4.64. The molecule has 3 nitrogen and oxygen atoms in total. The van der Waals surface area contributed by atoms with Gasteiger partial charge in [-0.3, -0.25) is 4.79 Å².